The van der Waals surface area contributed by atoms with Crippen LogP contribution in [0.2, 0.25) is 0 Å². The van der Waals surface area contributed by atoms with Crippen LogP contribution in [0.1, 0.15) is 45.5 Å². The number of fused-ring (bicyclic) bond motifs is 5. The Morgan fingerprint density at radius 3 is 2.42 bits per heavy atom. The number of aromatic nitrogens is 4. The first-order chi connectivity index (χ1) is 17.4. The Labute approximate surface area is 210 Å². The predicted molar refractivity (Wildman–Crippen MR) is 142 cm³/mol. The Balaban J connectivity index is 1.78. The second kappa shape index (κ2) is 9.64. The lowest BCUT2D eigenvalue weighted by molar-refractivity contribution is -0.135. The first-order valence-electron chi connectivity index (χ1n) is 12.5. The van der Waals surface area contributed by atoms with E-state index in [9.17, 15) is 4.79 Å². The topological polar surface area (TPSA) is 70.7 Å². The average molecular weight is 485 g/mol. The predicted octanol–water partition coefficient (Wildman–Crippen LogP) is 6.04. The van der Waals surface area contributed by atoms with Gasteiger partial charge in [-0.2, -0.15) is 0 Å². The molecule has 0 unspecified atom stereocenters. The van der Waals surface area contributed by atoms with Crippen LogP contribution in [0.15, 0.2) is 54.7 Å². The molecule has 36 heavy (non-hydrogen) atoms. The molecule has 5 rings (SSSR count). The molecule has 0 bridgehead atoms. The number of carbonyl (C=O) groups excluding carboxylic acids is 1. The van der Waals surface area contributed by atoms with Crippen molar-refractivity contribution in [1.82, 2.24) is 18.9 Å². The summed E-state index contributed by atoms with van der Waals surface area (Å²) in [5.41, 5.74) is 4.38. The largest absolute Gasteiger partial charge is 0.496 e. The van der Waals surface area contributed by atoms with Crippen LogP contribution in [0.5, 0.6) is 11.5 Å². The zero-order valence-electron chi connectivity index (χ0n) is 21.5. The monoisotopic (exact) mass is 484 g/mol. The minimum atomic E-state index is -0.262. The third kappa shape index (κ3) is 4.41. The van der Waals surface area contributed by atoms with Crippen LogP contribution in [0, 0.1) is 11.8 Å². The van der Waals surface area contributed by atoms with Gasteiger partial charge in [0.05, 0.1) is 24.7 Å². The molecule has 0 spiro atoms. The molecule has 0 aliphatic carbocycles. The van der Waals surface area contributed by atoms with Gasteiger partial charge in [0.25, 0.3) is 0 Å². The van der Waals surface area contributed by atoms with E-state index >= 15 is 0 Å². The number of benzene rings is 2. The molecular formula is C29H32N4O3. The number of nitrogens with zero attached hydrogens (tertiary/aromatic N) is 4. The van der Waals surface area contributed by atoms with Crippen molar-refractivity contribution in [2.24, 2.45) is 11.8 Å². The summed E-state index contributed by atoms with van der Waals surface area (Å²) in [6.45, 7) is 8.90. The number of carbonyl (C=O) groups is 1. The number of hydrogen-bond acceptors (Lipinski definition) is 5. The quantitative estimate of drug-likeness (QED) is 0.251. The maximum absolute atomic E-state index is 12.8. The Kier molecular flexibility index (Phi) is 6.39. The van der Waals surface area contributed by atoms with Crippen molar-refractivity contribution >= 4 is 33.7 Å². The Bertz CT molecular complexity index is 1560. The SMILES string of the molecule is COc1ccccc1Cn1cc(OC(=O)CC(C)C)c2c1nc(CC(C)C)n1c3ccccc3nc21. The van der Waals surface area contributed by atoms with Crippen LogP contribution in [-0.2, 0) is 17.8 Å². The highest BCUT2D eigenvalue weighted by molar-refractivity contribution is 6.01. The van der Waals surface area contributed by atoms with E-state index < -0.39 is 0 Å². The minimum absolute atomic E-state index is 0.198. The van der Waals surface area contributed by atoms with Gasteiger partial charge in [0.1, 0.15) is 22.6 Å². The molecule has 3 heterocycles. The summed E-state index contributed by atoms with van der Waals surface area (Å²) < 4.78 is 15.7. The highest BCUT2D eigenvalue weighted by Crippen LogP contribution is 2.35. The van der Waals surface area contributed by atoms with Crippen LogP contribution in [0.4, 0.5) is 0 Å². The van der Waals surface area contributed by atoms with Crippen molar-refractivity contribution in [2.75, 3.05) is 7.11 Å². The summed E-state index contributed by atoms with van der Waals surface area (Å²) in [5.74, 6) is 2.55. The molecule has 0 saturated carbocycles. The zero-order valence-corrected chi connectivity index (χ0v) is 21.5. The van der Waals surface area contributed by atoms with Crippen molar-refractivity contribution in [1.29, 1.82) is 0 Å². The van der Waals surface area contributed by atoms with E-state index in [0.717, 1.165) is 51.3 Å². The minimum Gasteiger partial charge on any atom is -0.496 e. The number of ether oxygens (including phenoxy) is 2. The number of hydrogen-bond donors (Lipinski definition) is 0. The van der Waals surface area contributed by atoms with E-state index in [4.69, 9.17) is 19.4 Å². The van der Waals surface area contributed by atoms with E-state index in [1.807, 2.05) is 67.1 Å². The smallest absolute Gasteiger partial charge is 0.311 e. The van der Waals surface area contributed by atoms with Crippen molar-refractivity contribution in [3.05, 3.63) is 66.1 Å². The second-order valence-corrected chi connectivity index (χ2v) is 10.1. The van der Waals surface area contributed by atoms with Gasteiger partial charge in [-0.05, 0) is 30.0 Å². The summed E-state index contributed by atoms with van der Waals surface area (Å²) >= 11 is 0. The molecule has 0 N–H and O–H groups in total. The Morgan fingerprint density at radius 2 is 1.67 bits per heavy atom. The van der Waals surface area contributed by atoms with Crippen LogP contribution >= 0.6 is 0 Å². The fourth-order valence-electron chi connectivity index (χ4n) is 4.69. The lowest BCUT2D eigenvalue weighted by Crippen LogP contribution is -2.11. The maximum atomic E-state index is 12.8. The molecule has 0 atom stereocenters. The first kappa shape index (κ1) is 23.9. The molecule has 0 aliphatic heterocycles. The Hall–Kier alpha value is -3.87. The second-order valence-electron chi connectivity index (χ2n) is 10.1. The molecular weight excluding hydrogens is 452 g/mol. The van der Waals surface area contributed by atoms with Crippen LogP contribution in [0.25, 0.3) is 27.7 Å². The van der Waals surface area contributed by atoms with Gasteiger partial charge in [-0.25, -0.2) is 9.97 Å². The van der Waals surface area contributed by atoms with E-state index in [1.165, 1.54) is 0 Å². The van der Waals surface area contributed by atoms with E-state index in [2.05, 4.69) is 24.3 Å². The number of imidazole rings is 1. The molecule has 5 aromatic rings. The van der Waals surface area contributed by atoms with Crippen molar-refractivity contribution in [2.45, 2.75) is 47.1 Å². The number of esters is 1. The molecule has 0 radical (unpaired) electrons. The molecule has 2 aromatic carbocycles. The number of methoxy groups -OCH3 is 1. The van der Waals surface area contributed by atoms with Crippen molar-refractivity contribution < 1.29 is 14.3 Å². The number of para-hydroxylation sites is 3. The van der Waals surface area contributed by atoms with Gasteiger partial charge in [0, 0.05) is 24.6 Å². The van der Waals surface area contributed by atoms with Crippen molar-refractivity contribution in [3.63, 3.8) is 0 Å². The van der Waals surface area contributed by atoms with Gasteiger partial charge in [-0.1, -0.05) is 58.0 Å². The van der Waals surface area contributed by atoms with Gasteiger partial charge in [0.15, 0.2) is 11.4 Å². The third-order valence-electron chi connectivity index (χ3n) is 6.22. The highest BCUT2D eigenvalue weighted by atomic mass is 16.5. The first-order valence-corrected chi connectivity index (χ1v) is 12.5. The van der Waals surface area contributed by atoms with E-state index in [-0.39, 0.29) is 11.9 Å². The van der Waals surface area contributed by atoms with Gasteiger partial charge in [-0.3, -0.25) is 9.20 Å². The normalized spacial score (nSPS) is 11.9. The Morgan fingerprint density at radius 1 is 0.917 bits per heavy atom. The fraction of sp³-hybridized carbons (Fsp3) is 0.345. The molecule has 0 aliphatic rings. The summed E-state index contributed by atoms with van der Waals surface area (Å²) in [5, 5.41) is 0.741. The lowest BCUT2D eigenvalue weighted by atomic mass is 10.1. The van der Waals surface area contributed by atoms with E-state index in [0.29, 0.717) is 24.6 Å². The van der Waals surface area contributed by atoms with Gasteiger partial charge < -0.3 is 14.0 Å². The molecule has 0 amide bonds. The summed E-state index contributed by atoms with van der Waals surface area (Å²) in [6, 6.07) is 16.0. The summed E-state index contributed by atoms with van der Waals surface area (Å²) in [6.07, 6.45) is 3.00. The molecule has 7 nitrogen and oxygen atoms in total. The molecule has 0 fully saturated rings. The van der Waals surface area contributed by atoms with Crippen molar-refractivity contribution in [3.8, 4) is 11.5 Å². The standard InChI is InChI=1S/C29H32N4O3/c1-18(2)14-25-31-28-27(29-30-21-11-7-8-12-22(21)33(25)29)24(36-26(34)15-19(3)4)17-32(28)16-20-10-6-9-13-23(20)35-5/h6-13,17-19H,14-16H2,1-5H3. The van der Waals surface area contributed by atoms with Gasteiger partial charge in [0.2, 0.25) is 0 Å². The zero-order chi connectivity index (χ0) is 25.4. The van der Waals surface area contributed by atoms with Crippen LogP contribution in [-0.4, -0.2) is 32.0 Å². The number of rotatable bonds is 8. The highest BCUT2D eigenvalue weighted by Gasteiger charge is 2.23. The van der Waals surface area contributed by atoms with Gasteiger partial charge in [-0.15, -0.1) is 0 Å². The van der Waals surface area contributed by atoms with E-state index in [1.54, 1.807) is 7.11 Å². The maximum Gasteiger partial charge on any atom is 0.311 e. The molecule has 186 valence electrons. The third-order valence-corrected chi connectivity index (χ3v) is 6.22. The van der Waals surface area contributed by atoms with Gasteiger partial charge >= 0.3 is 5.97 Å². The lowest BCUT2D eigenvalue weighted by Gasteiger charge is -2.12. The van der Waals surface area contributed by atoms with Crippen LogP contribution < -0.4 is 9.47 Å². The van der Waals surface area contributed by atoms with Crippen LogP contribution in [0.3, 0.4) is 0 Å². The molecule has 0 saturated heterocycles. The molecule has 3 aromatic heterocycles. The molecule has 7 heteroatoms. The fourth-order valence-corrected chi connectivity index (χ4v) is 4.69. The average Bonchev–Trinajstić information content (AvgIpc) is 3.37. The summed E-state index contributed by atoms with van der Waals surface area (Å²) in [7, 11) is 1.67. The summed E-state index contributed by atoms with van der Waals surface area (Å²) in [4.78, 5) is 22.9.